The van der Waals surface area contributed by atoms with Crippen LogP contribution >= 0.6 is 23.9 Å². The number of hydrogen-bond donors (Lipinski definition) is 1. The summed E-state index contributed by atoms with van der Waals surface area (Å²) in [5, 5.41) is 10.1. The fourth-order valence-electron chi connectivity index (χ4n) is 3.38. The Hall–Kier alpha value is -1.65. The van der Waals surface area contributed by atoms with Crippen molar-refractivity contribution in [3.05, 3.63) is 53.2 Å². The Kier molecular flexibility index (Phi) is 5.27. The van der Waals surface area contributed by atoms with E-state index in [1.54, 1.807) is 6.07 Å². The maximum absolute atomic E-state index is 9.81. The Morgan fingerprint density at radius 3 is 2.61 bits per heavy atom. The molecular weight excluding hydrogens is 328 g/mol. The van der Waals surface area contributed by atoms with Crippen molar-refractivity contribution in [3.8, 4) is 5.06 Å². The second-order valence-electron chi connectivity index (χ2n) is 5.54. The number of allylic oxidation sites excluding steroid dienone is 2. The topological polar surface area (TPSA) is 45.5 Å². The van der Waals surface area contributed by atoms with Crippen LogP contribution in [0.4, 0.5) is 0 Å². The van der Waals surface area contributed by atoms with Crippen molar-refractivity contribution < 1.29 is 5.11 Å². The van der Waals surface area contributed by atoms with Crippen LogP contribution in [0.5, 0.6) is 5.06 Å². The molecule has 0 saturated heterocycles. The summed E-state index contributed by atoms with van der Waals surface area (Å²) in [6, 6.07) is 10.2. The third kappa shape index (κ3) is 2.70. The molecule has 1 aromatic heterocycles. The van der Waals surface area contributed by atoms with Crippen molar-refractivity contribution in [3.63, 3.8) is 0 Å². The largest absolute Gasteiger partial charge is 0.498 e. The van der Waals surface area contributed by atoms with Gasteiger partial charge in [0.25, 0.3) is 0 Å². The predicted octanol–water partition coefficient (Wildman–Crippen LogP) is 4.84. The Bertz CT molecular complexity index is 766. The van der Waals surface area contributed by atoms with E-state index in [1.165, 1.54) is 16.7 Å². The zero-order valence-corrected chi connectivity index (χ0v) is 15.2. The fourth-order valence-corrected chi connectivity index (χ4v) is 3.95. The van der Waals surface area contributed by atoms with Crippen molar-refractivity contribution in [2.75, 3.05) is 6.54 Å². The Morgan fingerprint density at radius 2 is 2.00 bits per heavy atom. The Morgan fingerprint density at radius 1 is 1.26 bits per heavy atom. The van der Waals surface area contributed by atoms with E-state index < -0.39 is 0 Å². The fraction of sp³-hybridized carbons (Fsp3) is 0.333. The molecule has 1 aliphatic carbocycles. The first-order chi connectivity index (χ1) is 10.6. The summed E-state index contributed by atoms with van der Waals surface area (Å²) in [7, 11) is 0. The lowest BCUT2D eigenvalue weighted by Crippen LogP contribution is -2.39. The number of hydrogen-bond acceptors (Lipinski definition) is 4. The molecule has 0 aliphatic heterocycles. The number of halogens is 1. The highest BCUT2D eigenvalue weighted by Gasteiger charge is 2.43. The third-order valence-electron chi connectivity index (χ3n) is 4.40. The molecule has 3 nitrogen and oxygen atoms in total. The highest BCUT2D eigenvalue weighted by Crippen LogP contribution is 2.45. The van der Waals surface area contributed by atoms with Gasteiger partial charge in [0.05, 0.1) is 16.8 Å². The van der Waals surface area contributed by atoms with E-state index in [9.17, 15) is 5.11 Å². The van der Waals surface area contributed by atoms with E-state index in [4.69, 9.17) is 4.99 Å². The second-order valence-corrected chi connectivity index (χ2v) is 6.33. The first kappa shape index (κ1) is 17.7. The Labute approximate surface area is 147 Å². The first-order valence-electron chi connectivity index (χ1n) is 7.62. The molecule has 1 heterocycles. The molecule has 0 saturated carbocycles. The molecule has 1 atom stereocenters. The molecule has 1 aliphatic rings. The molecule has 5 heteroatoms. The molecule has 0 amide bonds. The van der Waals surface area contributed by atoms with Gasteiger partial charge in [-0.2, -0.15) is 4.37 Å². The number of aromatic hydroxyl groups is 1. The van der Waals surface area contributed by atoms with E-state index in [0.29, 0.717) is 0 Å². The van der Waals surface area contributed by atoms with Gasteiger partial charge in [-0.05, 0) is 43.0 Å². The average molecular weight is 349 g/mol. The third-order valence-corrected chi connectivity index (χ3v) is 4.99. The summed E-state index contributed by atoms with van der Waals surface area (Å²) in [5.74, 6) is 0. The quantitative estimate of drug-likeness (QED) is 0.862. The van der Waals surface area contributed by atoms with Gasteiger partial charge in [-0.15, -0.1) is 12.4 Å². The van der Waals surface area contributed by atoms with Crippen LogP contribution in [0.3, 0.4) is 0 Å². The highest BCUT2D eigenvalue weighted by atomic mass is 35.5. The van der Waals surface area contributed by atoms with Crippen molar-refractivity contribution in [1.29, 1.82) is 0 Å². The van der Waals surface area contributed by atoms with E-state index >= 15 is 0 Å². The average Bonchev–Trinajstić information content (AvgIpc) is 2.96. The van der Waals surface area contributed by atoms with Crippen molar-refractivity contribution in [1.82, 2.24) is 4.37 Å². The smallest absolute Gasteiger partial charge is 0.191 e. The molecule has 2 aromatic rings. The zero-order valence-electron chi connectivity index (χ0n) is 13.5. The Balaban J connectivity index is 0.00000192. The molecule has 1 N–H and O–H groups in total. The van der Waals surface area contributed by atoms with Gasteiger partial charge >= 0.3 is 0 Å². The van der Waals surface area contributed by atoms with Gasteiger partial charge in [0.1, 0.15) is 0 Å². The lowest BCUT2D eigenvalue weighted by atomic mass is 9.66. The summed E-state index contributed by atoms with van der Waals surface area (Å²) in [6.07, 6.45) is 3.03. The maximum atomic E-state index is 9.81. The highest BCUT2D eigenvalue weighted by molar-refractivity contribution is 7.07. The molecule has 0 bridgehead atoms. The van der Waals surface area contributed by atoms with Crippen LogP contribution in [0.2, 0.25) is 0 Å². The van der Waals surface area contributed by atoms with Crippen LogP contribution in [0.25, 0.3) is 5.57 Å². The standard InChI is InChI=1S/C18H20N2OS.ClH/c1-4-18(16-11-17(21)22-20-16)14-9-7-6-8-13(14)12(3)10-15(18)19-5-2;/h6-11,21H,4-5H2,1-3H3;1H. The van der Waals surface area contributed by atoms with Crippen LogP contribution in [0.15, 0.2) is 41.4 Å². The van der Waals surface area contributed by atoms with Gasteiger partial charge in [0.2, 0.25) is 0 Å². The van der Waals surface area contributed by atoms with Crippen molar-refractivity contribution in [2.45, 2.75) is 32.6 Å². The molecule has 23 heavy (non-hydrogen) atoms. The lowest BCUT2D eigenvalue weighted by Gasteiger charge is -2.37. The number of rotatable bonds is 3. The molecular formula is C18H21ClN2OS. The monoisotopic (exact) mass is 348 g/mol. The first-order valence-corrected chi connectivity index (χ1v) is 8.40. The van der Waals surface area contributed by atoms with Crippen molar-refractivity contribution in [2.24, 2.45) is 4.99 Å². The van der Waals surface area contributed by atoms with Crippen LogP contribution in [-0.2, 0) is 5.41 Å². The van der Waals surface area contributed by atoms with Crippen LogP contribution < -0.4 is 0 Å². The minimum absolute atomic E-state index is 0. The van der Waals surface area contributed by atoms with Gasteiger partial charge in [0, 0.05) is 24.1 Å². The van der Waals surface area contributed by atoms with Gasteiger partial charge in [-0.3, -0.25) is 4.99 Å². The summed E-state index contributed by atoms with van der Waals surface area (Å²) >= 11 is 1.14. The molecule has 3 rings (SSSR count). The zero-order chi connectivity index (χ0) is 15.7. The summed E-state index contributed by atoms with van der Waals surface area (Å²) in [4.78, 5) is 4.77. The van der Waals surface area contributed by atoms with E-state index in [-0.39, 0.29) is 22.9 Å². The van der Waals surface area contributed by atoms with E-state index in [0.717, 1.165) is 35.9 Å². The molecule has 0 fully saturated rings. The number of fused-ring (bicyclic) bond motifs is 1. The van der Waals surface area contributed by atoms with E-state index in [1.807, 2.05) is 0 Å². The van der Waals surface area contributed by atoms with Crippen LogP contribution in [-0.4, -0.2) is 21.7 Å². The van der Waals surface area contributed by atoms with Gasteiger partial charge in [-0.25, -0.2) is 0 Å². The summed E-state index contributed by atoms with van der Waals surface area (Å²) in [6.45, 7) is 7.07. The summed E-state index contributed by atoms with van der Waals surface area (Å²) in [5.41, 5.74) is 5.26. The SMILES string of the molecule is CCN=C1C=C(C)c2ccccc2C1(CC)c1cc(O)sn1.Cl. The van der Waals surface area contributed by atoms with Gasteiger partial charge in [0.15, 0.2) is 5.06 Å². The van der Waals surface area contributed by atoms with Crippen molar-refractivity contribution >= 4 is 35.2 Å². The van der Waals surface area contributed by atoms with E-state index in [2.05, 4.69) is 55.5 Å². The predicted molar refractivity (Wildman–Crippen MR) is 100 cm³/mol. The lowest BCUT2D eigenvalue weighted by molar-refractivity contribution is 0.489. The number of aromatic nitrogens is 1. The second kappa shape index (κ2) is 6.85. The van der Waals surface area contributed by atoms with Gasteiger partial charge in [-0.1, -0.05) is 31.2 Å². The molecule has 0 radical (unpaired) electrons. The number of benzene rings is 1. The molecule has 1 unspecified atom stereocenters. The molecule has 0 spiro atoms. The maximum Gasteiger partial charge on any atom is 0.191 e. The minimum atomic E-state index is -0.371. The minimum Gasteiger partial charge on any atom is -0.498 e. The number of aliphatic imine (C=N–C) groups is 1. The van der Waals surface area contributed by atoms with Crippen LogP contribution in [0.1, 0.15) is 44.0 Å². The molecule has 1 aromatic carbocycles. The molecule has 122 valence electrons. The summed E-state index contributed by atoms with van der Waals surface area (Å²) < 4.78 is 4.52. The van der Waals surface area contributed by atoms with Gasteiger partial charge < -0.3 is 5.11 Å². The normalized spacial score (nSPS) is 21.5. The number of nitrogens with zero attached hydrogens (tertiary/aromatic N) is 2. The van der Waals surface area contributed by atoms with Crippen LogP contribution in [0, 0.1) is 0 Å².